The minimum atomic E-state index is -4.71. The molecule has 0 aliphatic carbocycles. The molecule has 2 heterocycles. The monoisotopic (exact) mass is 339 g/mol. The zero-order valence-corrected chi connectivity index (χ0v) is 12.2. The van der Waals surface area contributed by atoms with Crippen molar-refractivity contribution in [2.45, 2.75) is 19.3 Å². The van der Waals surface area contributed by atoms with Crippen LogP contribution in [0.2, 0.25) is 0 Å². The van der Waals surface area contributed by atoms with Crippen LogP contribution in [0.1, 0.15) is 5.56 Å². The number of aryl methyl sites for hydroxylation is 2. The molecule has 0 aliphatic heterocycles. The van der Waals surface area contributed by atoms with E-state index in [1.54, 1.807) is 4.57 Å². The van der Waals surface area contributed by atoms with Gasteiger partial charge in [0.15, 0.2) is 11.2 Å². The van der Waals surface area contributed by atoms with Gasteiger partial charge in [-0.15, -0.1) is 13.2 Å². The molecular formula is C14H12F3N5O2. The third-order valence-corrected chi connectivity index (χ3v) is 3.29. The maximum absolute atomic E-state index is 12.1. The Morgan fingerprint density at radius 1 is 1.25 bits per heavy atom. The summed E-state index contributed by atoms with van der Waals surface area (Å²) in [5.74, 6) is -0.289. The number of imidazole rings is 1. The van der Waals surface area contributed by atoms with Gasteiger partial charge in [-0.1, -0.05) is 12.1 Å². The molecule has 0 fully saturated rings. The van der Waals surface area contributed by atoms with Crippen molar-refractivity contribution in [3.05, 3.63) is 46.5 Å². The van der Waals surface area contributed by atoms with Crippen molar-refractivity contribution >= 4 is 17.1 Å². The number of nitrogens with one attached hydrogen (secondary N) is 1. The zero-order chi connectivity index (χ0) is 17.3. The lowest BCUT2D eigenvalue weighted by molar-refractivity contribution is -0.274. The summed E-state index contributed by atoms with van der Waals surface area (Å²) in [6.07, 6.45) is -2.74. The maximum atomic E-state index is 12.1. The van der Waals surface area contributed by atoms with Gasteiger partial charge in [-0.2, -0.15) is 4.98 Å². The van der Waals surface area contributed by atoms with E-state index in [1.807, 2.05) is 0 Å². The van der Waals surface area contributed by atoms with E-state index in [4.69, 9.17) is 5.73 Å². The van der Waals surface area contributed by atoms with Crippen LogP contribution in [-0.2, 0) is 13.0 Å². The Labute approximate surface area is 132 Å². The largest absolute Gasteiger partial charge is 0.573 e. The predicted molar refractivity (Wildman–Crippen MR) is 79.4 cm³/mol. The maximum Gasteiger partial charge on any atom is 0.573 e. The molecule has 126 valence electrons. The highest BCUT2D eigenvalue weighted by atomic mass is 19.4. The van der Waals surface area contributed by atoms with E-state index in [0.717, 1.165) is 5.56 Å². The van der Waals surface area contributed by atoms with E-state index in [9.17, 15) is 18.0 Å². The van der Waals surface area contributed by atoms with Crippen molar-refractivity contribution in [3.63, 3.8) is 0 Å². The van der Waals surface area contributed by atoms with E-state index in [1.165, 1.54) is 30.6 Å². The molecule has 3 rings (SSSR count). The van der Waals surface area contributed by atoms with Gasteiger partial charge in [0.05, 0.1) is 6.33 Å². The molecule has 24 heavy (non-hydrogen) atoms. The number of hydrogen-bond donors (Lipinski definition) is 2. The van der Waals surface area contributed by atoms with Crippen LogP contribution >= 0.6 is 0 Å². The second-order valence-corrected chi connectivity index (χ2v) is 5.00. The molecule has 3 aromatic rings. The Hall–Kier alpha value is -3.04. The predicted octanol–water partition coefficient (Wildman–Crippen LogP) is 1.84. The molecular weight excluding hydrogens is 327 g/mol. The van der Waals surface area contributed by atoms with Crippen molar-refractivity contribution in [2.24, 2.45) is 0 Å². The Balaban J connectivity index is 1.73. The first-order valence-corrected chi connectivity index (χ1v) is 6.87. The SMILES string of the molecule is Nc1nc2c(ncn2CCc2ccc(OC(F)(F)F)cc2)c(=O)[nH]1. The molecule has 0 amide bonds. The molecule has 1 aromatic carbocycles. The number of ether oxygens (including phenoxy) is 1. The molecule has 0 unspecified atom stereocenters. The molecule has 2 aromatic heterocycles. The number of aromatic nitrogens is 4. The number of aromatic amines is 1. The molecule has 0 aliphatic rings. The van der Waals surface area contributed by atoms with Crippen LogP contribution in [0.5, 0.6) is 5.75 Å². The number of alkyl halides is 3. The lowest BCUT2D eigenvalue weighted by atomic mass is 10.1. The van der Waals surface area contributed by atoms with Crippen LogP contribution in [-0.4, -0.2) is 25.9 Å². The standard InChI is InChI=1S/C14H12F3N5O2/c15-14(16,17)24-9-3-1-8(2-4-9)5-6-22-7-19-10-11(22)20-13(18)21-12(10)23/h1-4,7H,5-6H2,(H3,18,20,21,23). The Morgan fingerprint density at radius 3 is 2.62 bits per heavy atom. The summed E-state index contributed by atoms with van der Waals surface area (Å²) in [4.78, 5) is 22.1. The van der Waals surface area contributed by atoms with Gasteiger partial charge in [0, 0.05) is 6.54 Å². The highest BCUT2D eigenvalue weighted by Gasteiger charge is 2.30. The highest BCUT2D eigenvalue weighted by Crippen LogP contribution is 2.23. The number of nitrogen functional groups attached to an aromatic ring is 1. The minimum Gasteiger partial charge on any atom is -0.406 e. The third-order valence-electron chi connectivity index (χ3n) is 3.29. The summed E-state index contributed by atoms with van der Waals surface area (Å²) in [6.45, 7) is 0.436. The molecule has 7 nitrogen and oxygen atoms in total. The van der Waals surface area contributed by atoms with Crippen LogP contribution in [0.15, 0.2) is 35.4 Å². The average molecular weight is 339 g/mol. The van der Waals surface area contributed by atoms with Gasteiger partial charge in [-0.25, -0.2) is 4.98 Å². The van der Waals surface area contributed by atoms with Crippen LogP contribution in [0.25, 0.3) is 11.2 Å². The number of fused-ring (bicyclic) bond motifs is 1. The molecule has 0 spiro atoms. The fourth-order valence-electron chi connectivity index (χ4n) is 2.24. The number of H-pyrrole nitrogens is 1. The van der Waals surface area contributed by atoms with Gasteiger partial charge < -0.3 is 15.0 Å². The number of hydrogen-bond acceptors (Lipinski definition) is 5. The number of anilines is 1. The van der Waals surface area contributed by atoms with Crippen molar-refractivity contribution in [1.82, 2.24) is 19.5 Å². The van der Waals surface area contributed by atoms with Crippen molar-refractivity contribution in [3.8, 4) is 5.75 Å². The Bertz CT molecular complexity index is 915. The van der Waals surface area contributed by atoms with E-state index in [-0.39, 0.29) is 17.2 Å². The highest BCUT2D eigenvalue weighted by molar-refractivity contribution is 5.70. The Morgan fingerprint density at radius 2 is 1.96 bits per heavy atom. The first kappa shape index (κ1) is 15.8. The molecule has 0 bridgehead atoms. The van der Waals surface area contributed by atoms with Crippen LogP contribution in [0, 0.1) is 0 Å². The summed E-state index contributed by atoms with van der Waals surface area (Å²) in [6, 6.07) is 5.56. The van der Waals surface area contributed by atoms with Gasteiger partial charge in [-0.05, 0) is 24.1 Å². The van der Waals surface area contributed by atoms with Crippen molar-refractivity contribution < 1.29 is 17.9 Å². The molecule has 0 saturated heterocycles. The third kappa shape index (κ3) is 3.47. The average Bonchev–Trinajstić information content (AvgIpc) is 2.88. The van der Waals surface area contributed by atoms with E-state index in [2.05, 4.69) is 19.7 Å². The Kier molecular flexibility index (Phi) is 3.87. The van der Waals surface area contributed by atoms with Crippen molar-refractivity contribution in [1.29, 1.82) is 0 Å². The summed E-state index contributed by atoms with van der Waals surface area (Å²) in [5.41, 5.74) is 6.42. The van der Waals surface area contributed by atoms with Gasteiger partial charge >= 0.3 is 6.36 Å². The lowest BCUT2D eigenvalue weighted by Gasteiger charge is -2.09. The van der Waals surface area contributed by atoms with Gasteiger partial charge in [-0.3, -0.25) is 9.78 Å². The smallest absolute Gasteiger partial charge is 0.406 e. The number of benzene rings is 1. The number of halogens is 3. The summed E-state index contributed by atoms with van der Waals surface area (Å²) < 4.78 is 41.8. The minimum absolute atomic E-state index is 0.0112. The molecule has 0 saturated carbocycles. The van der Waals surface area contributed by atoms with Crippen LogP contribution < -0.4 is 16.0 Å². The fraction of sp³-hybridized carbons (Fsp3) is 0.214. The number of rotatable bonds is 4. The second kappa shape index (κ2) is 5.87. The van der Waals surface area contributed by atoms with Gasteiger partial charge in [0.1, 0.15) is 5.75 Å². The van der Waals surface area contributed by atoms with Gasteiger partial charge in [0.25, 0.3) is 5.56 Å². The first-order valence-electron chi connectivity index (χ1n) is 6.87. The van der Waals surface area contributed by atoms with Crippen LogP contribution in [0.4, 0.5) is 19.1 Å². The summed E-state index contributed by atoms with van der Waals surface area (Å²) in [5, 5.41) is 0. The normalized spacial score (nSPS) is 11.8. The topological polar surface area (TPSA) is 98.8 Å². The van der Waals surface area contributed by atoms with E-state index < -0.39 is 11.9 Å². The fourth-order valence-corrected chi connectivity index (χ4v) is 2.24. The zero-order valence-electron chi connectivity index (χ0n) is 12.2. The lowest BCUT2D eigenvalue weighted by Crippen LogP contribution is -2.17. The quantitative estimate of drug-likeness (QED) is 0.756. The van der Waals surface area contributed by atoms with Crippen molar-refractivity contribution in [2.75, 3.05) is 5.73 Å². The van der Waals surface area contributed by atoms with Gasteiger partial charge in [0.2, 0.25) is 5.95 Å². The molecule has 3 N–H and O–H groups in total. The number of nitrogens with two attached hydrogens (primary N) is 1. The van der Waals surface area contributed by atoms with Crippen LogP contribution in [0.3, 0.4) is 0 Å². The number of nitrogens with zero attached hydrogens (tertiary/aromatic N) is 3. The molecule has 10 heteroatoms. The first-order chi connectivity index (χ1) is 11.3. The van der Waals surface area contributed by atoms with E-state index >= 15 is 0 Å². The molecule has 0 radical (unpaired) electrons. The summed E-state index contributed by atoms with van der Waals surface area (Å²) >= 11 is 0. The second-order valence-electron chi connectivity index (χ2n) is 5.00. The summed E-state index contributed by atoms with van der Waals surface area (Å²) in [7, 11) is 0. The molecule has 0 atom stereocenters. The van der Waals surface area contributed by atoms with E-state index in [0.29, 0.717) is 18.6 Å².